The van der Waals surface area contributed by atoms with Crippen molar-refractivity contribution in [2.45, 2.75) is 12.5 Å². The zero-order valence-electron chi connectivity index (χ0n) is 12.1. The Bertz CT molecular complexity index is 721. The van der Waals surface area contributed by atoms with Gasteiger partial charge in [0.1, 0.15) is 5.75 Å². The number of carbonyl (C=O) groups excluding carboxylic acids is 1. The Hall–Kier alpha value is -2.90. The summed E-state index contributed by atoms with van der Waals surface area (Å²) in [5.74, 6) is -0.901. The smallest absolute Gasteiger partial charge is 0.428 e. The van der Waals surface area contributed by atoms with Gasteiger partial charge >= 0.3 is 12.5 Å². The number of nitrogens with one attached hydrogen (secondary N) is 1. The third-order valence-corrected chi connectivity index (χ3v) is 2.78. The number of hydrogen-bond acceptors (Lipinski definition) is 3. The Kier molecular flexibility index (Phi) is 5.51. The van der Waals surface area contributed by atoms with Crippen molar-refractivity contribution in [3.63, 3.8) is 0 Å². The fourth-order valence-corrected chi connectivity index (χ4v) is 1.68. The van der Waals surface area contributed by atoms with Gasteiger partial charge in [0.25, 0.3) is 5.91 Å². The lowest BCUT2D eigenvalue weighted by Gasteiger charge is -2.16. The van der Waals surface area contributed by atoms with Crippen LogP contribution in [0.25, 0.3) is 0 Å². The third-order valence-electron chi connectivity index (χ3n) is 2.78. The van der Waals surface area contributed by atoms with E-state index >= 15 is 0 Å². The zero-order chi connectivity index (χ0) is 17.6. The Morgan fingerprint density at radius 1 is 1.12 bits per heavy atom. The van der Waals surface area contributed by atoms with E-state index in [1.54, 1.807) is 30.3 Å². The number of ether oxygens (including phenoxy) is 1. The highest BCUT2D eigenvalue weighted by Crippen LogP contribution is 2.27. The van der Waals surface area contributed by atoms with Crippen LogP contribution in [0.1, 0.15) is 15.9 Å². The van der Waals surface area contributed by atoms with Crippen LogP contribution >= 0.6 is 0 Å². The van der Waals surface area contributed by atoms with E-state index < -0.39 is 24.2 Å². The quantitative estimate of drug-likeness (QED) is 0.495. The van der Waals surface area contributed by atoms with Gasteiger partial charge in [0.2, 0.25) is 0 Å². The fraction of sp³-hybridized carbons (Fsp3) is 0.125. The molecule has 0 saturated carbocycles. The molecule has 24 heavy (non-hydrogen) atoms. The Balaban J connectivity index is 2.00. The topological polar surface area (TPSA) is 50.7 Å². The van der Waals surface area contributed by atoms with E-state index in [2.05, 4.69) is 15.3 Å². The largest absolute Gasteiger partial charge is 0.461 e. The van der Waals surface area contributed by atoms with Gasteiger partial charge in [-0.1, -0.05) is 30.3 Å². The lowest BCUT2D eigenvalue weighted by Crippen LogP contribution is -2.33. The van der Waals surface area contributed by atoms with Gasteiger partial charge in [0.05, 0.1) is 6.21 Å². The van der Waals surface area contributed by atoms with Crippen molar-refractivity contribution in [3.05, 3.63) is 65.7 Å². The second kappa shape index (κ2) is 7.58. The van der Waals surface area contributed by atoms with Crippen molar-refractivity contribution >= 4 is 12.1 Å². The van der Waals surface area contributed by atoms with Gasteiger partial charge in [-0.25, -0.2) is 5.43 Å². The zero-order valence-corrected chi connectivity index (χ0v) is 12.1. The molecule has 0 saturated heterocycles. The molecule has 0 aliphatic heterocycles. The number of carbonyl (C=O) groups is 1. The molecular formula is C16H12F4N2O2. The molecule has 2 aromatic rings. The molecule has 1 N–H and O–H groups in total. The molecule has 0 aromatic heterocycles. The monoisotopic (exact) mass is 340 g/mol. The molecule has 4 nitrogen and oxygen atoms in total. The summed E-state index contributed by atoms with van der Waals surface area (Å²) in [6.45, 7) is 0. The Labute approximate surface area is 134 Å². The van der Waals surface area contributed by atoms with E-state index in [1.807, 2.05) is 0 Å². The van der Waals surface area contributed by atoms with Crippen molar-refractivity contribution in [1.82, 2.24) is 5.43 Å². The summed E-state index contributed by atoms with van der Waals surface area (Å²) in [4.78, 5) is 11.7. The van der Waals surface area contributed by atoms with Crippen LogP contribution in [0.3, 0.4) is 0 Å². The van der Waals surface area contributed by atoms with Crippen LogP contribution in [0.2, 0.25) is 0 Å². The Morgan fingerprint density at radius 3 is 2.50 bits per heavy atom. The number of alkyl halides is 4. The number of hydrazone groups is 1. The summed E-state index contributed by atoms with van der Waals surface area (Å²) < 4.78 is 53.9. The summed E-state index contributed by atoms with van der Waals surface area (Å²) in [6.07, 6.45) is -7.36. The fourth-order valence-electron chi connectivity index (χ4n) is 1.68. The van der Waals surface area contributed by atoms with Gasteiger partial charge in [-0.2, -0.15) is 22.7 Å². The standard InChI is InChI=1S/C16H12F4N2O2/c17-15(18)16(19,20)24-13-8-4-5-11(9-13)10-21-22-14(23)12-6-2-1-3-7-12/h1-10,15H,(H,22,23). The molecule has 0 aliphatic carbocycles. The van der Waals surface area contributed by atoms with E-state index in [4.69, 9.17) is 0 Å². The van der Waals surface area contributed by atoms with Crippen LogP contribution in [0.15, 0.2) is 59.7 Å². The first-order valence-electron chi connectivity index (χ1n) is 6.72. The molecule has 0 atom stereocenters. The van der Waals surface area contributed by atoms with Crippen LogP contribution < -0.4 is 10.2 Å². The van der Waals surface area contributed by atoms with Gasteiger partial charge in [0, 0.05) is 5.56 Å². The van der Waals surface area contributed by atoms with Crippen molar-refractivity contribution in [3.8, 4) is 5.75 Å². The minimum Gasteiger partial charge on any atom is -0.428 e. The average molecular weight is 340 g/mol. The predicted molar refractivity (Wildman–Crippen MR) is 79.5 cm³/mol. The van der Waals surface area contributed by atoms with Crippen molar-refractivity contribution in [2.24, 2.45) is 5.10 Å². The predicted octanol–water partition coefficient (Wildman–Crippen LogP) is 3.69. The van der Waals surface area contributed by atoms with Crippen LogP contribution in [0.4, 0.5) is 17.6 Å². The van der Waals surface area contributed by atoms with Crippen LogP contribution in [0.5, 0.6) is 5.75 Å². The van der Waals surface area contributed by atoms with Crippen molar-refractivity contribution in [1.29, 1.82) is 0 Å². The van der Waals surface area contributed by atoms with E-state index in [1.165, 1.54) is 18.3 Å². The second-order valence-corrected chi connectivity index (χ2v) is 4.60. The maximum atomic E-state index is 12.8. The lowest BCUT2D eigenvalue weighted by molar-refractivity contribution is -0.253. The number of benzene rings is 2. The van der Waals surface area contributed by atoms with E-state index in [-0.39, 0.29) is 5.56 Å². The molecule has 0 fully saturated rings. The van der Waals surface area contributed by atoms with Crippen molar-refractivity contribution in [2.75, 3.05) is 0 Å². The average Bonchev–Trinajstić information content (AvgIpc) is 2.55. The summed E-state index contributed by atoms with van der Waals surface area (Å²) in [5.41, 5.74) is 2.93. The third kappa shape index (κ3) is 4.80. The molecule has 0 spiro atoms. The van der Waals surface area contributed by atoms with Crippen LogP contribution in [0, 0.1) is 0 Å². The first-order chi connectivity index (χ1) is 11.4. The van der Waals surface area contributed by atoms with Gasteiger partial charge in [-0.05, 0) is 29.8 Å². The van der Waals surface area contributed by atoms with Gasteiger partial charge in [0.15, 0.2) is 0 Å². The molecule has 0 bridgehead atoms. The molecule has 8 heteroatoms. The molecule has 126 valence electrons. The van der Waals surface area contributed by atoms with Crippen LogP contribution in [-0.4, -0.2) is 24.7 Å². The first-order valence-corrected chi connectivity index (χ1v) is 6.72. The highest BCUT2D eigenvalue weighted by molar-refractivity contribution is 5.94. The maximum absolute atomic E-state index is 12.8. The number of halogens is 4. The van der Waals surface area contributed by atoms with E-state index in [0.29, 0.717) is 5.56 Å². The molecular weight excluding hydrogens is 328 g/mol. The molecule has 0 radical (unpaired) electrons. The highest BCUT2D eigenvalue weighted by atomic mass is 19.3. The summed E-state index contributed by atoms with van der Waals surface area (Å²) in [7, 11) is 0. The lowest BCUT2D eigenvalue weighted by atomic mass is 10.2. The van der Waals surface area contributed by atoms with Crippen molar-refractivity contribution < 1.29 is 27.1 Å². The number of nitrogens with zero attached hydrogens (tertiary/aromatic N) is 1. The Morgan fingerprint density at radius 2 is 1.83 bits per heavy atom. The SMILES string of the molecule is O=C(NN=Cc1cccc(OC(F)(F)C(F)F)c1)c1ccccc1. The second-order valence-electron chi connectivity index (χ2n) is 4.60. The molecule has 0 aliphatic rings. The minimum atomic E-state index is -4.59. The summed E-state index contributed by atoms with van der Waals surface area (Å²) in [5, 5.41) is 3.67. The summed E-state index contributed by atoms with van der Waals surface area (Å²) >= 11 is 0. The molecule has 0 unspecified atom stereocenters. The van der Waals surface area contributed by atoms with Gasteiger partial charge in [-0.15, -0.1) is 0 Å². The number of amides is 1. The normalized spacial score (nSPS) is 11.7. The molecule has 2 rings (SSSR count). The number of hydrogen-bond donors (Lipinski definition) is 1. The van der Waals surface area contributed by atoms with E-state index in [9.17, 15) is 22.4 Å². The molecule has 2 aromatic carbocycles. The number of rotatable bonds is 6. The minimum absolute atomic E-state index is 0.283. The highest BCUT2D eigenvalue weighted by Gasteiger charge is 2.43. The van der Waals surface area contributed by atoms with Crippen LogP contribution in [-0.2, 0) is 0 Å². The van der Waals surface area contributed by atoms with Gasteiger partial charge < -0.3 is 4.74 Å². The molecule has 0 heterocycles. The first kappa shape index (κ1) is 17.5. The van der Waals surface area contributed by atoms with Gasteiger partial charge in [-0.3, -0.25) is 4.79 Å². The maximum Gasteiger partial charge on any atom is 0.461 e. The van der Waals surface area contributed by atoms with E-state index in [0.717, 1.165) is 12.1 Å². The summed E-state index contributed by atoms with van der Waals surface area (Å²) in [6, 6.07) is 13.3. The molecule has 1 amide bonds.